The minimum Gasteiger partial charge on any atom is -0.356 e. The third kappa shape index (κ3) is 5.66. The number of para-hydroxylation sites is 1. The molecule has 0 spiro atoms. The molecule has 0 aliphatic carbocycles. The molecule has 6 nitrogen and oxygen atoms in total. The fraction of sp³-hybridized carbons (Fsp3) is 0.0952. The Morgan fingerprint density at radius 2 is 1.41 bits per heavy atom. The number of nitrogens with one attached hydrogen (secondary N) is 2. The van der Waals surface area contributed by atoms with E-state index in [1.54, 1.807) is 24.3 Å². The minimum atomic E-state index is -3.74. The summed E-state index contributed by atoms with van der Waals surface area (Å²) in [5.41, 5.74) is 2.43. The summed E-state index contributed by atoms with van der Waals surface area (Å²) >= 11 is 3.27. The molecule has 0 saturated heterocycles. The summed E-state index contributed by atoms with van der Waals surface area (Å²) < 4.78 is 26.9. The van der Waals surface area contributed by atoms with Crippen molar-refractivity contribution in [3.8, 4) is 0 Å². The van der Waals surface area contributed by atoms with Gasteiger partial charge in [-0.1, -0.05) is 34.1 Å². The van der Waals surface area contributed by atoms with Crippen LogP contribution in [0.1, 0.15) is 0 Å². The molecule has 3 aromatic rings. The van der Waals surface area contributed by atoms with Crippen molar-refractivity contribution in [1.82, 2.24) is 4.31 Å². The van der Waals surface area contributed by atoms with Gasteiger partial charge in [-0.05, 0) is 60.7 Å². The maximum absolute atomic E-state index is 12.6. The van der Waals surface area contributed by atoms with Gasteiger partial charge in [0.25, 0.3) is 0 Å². The lowest BCUT2D eigenvalue weighted by Crippen LogP contribution is -2.34. The van der Waals surface area contributed by atoms with Crippen LogP contribution in [0, 0.1) is 0 Å². The van der Waals surface area contributed by atoms with Gasteiger partial charge in [0.15, 0.2) is 0 Å². The van der Waals surface area contributed by atoms with Crippen molar-refractivity contribution >= 4 is 48.9 Å². The first kappa shape index (κ1) is 21.0. The molecule has 1 amide bonds. The number of anilines is 3. The highest BCUT2D eigenvalue weighted by Gasteiger charge is 2.22. The van der Waals surface area contributed by atoms with E-state index in [0.29, 0.717) is 5.69 Å². The number of carbonyl (C=O) groups is 1. The molecule has 150 valence electrons. The maximum Gasteiger partial charge on any atom is 0.243 e. The molecule has 0 aromatic heterocycles. The number of halogens is 1. The Balaban J connectivity index is 1.59. The zero-order chi connectivity index (χ0) is 20.9. The SMILES string of the molecule is CN(CC(=O)Nc1ccc(Nc2ccccc2)cc1)S(=O)(=O)c1ccc(Br)cc1. The van der Waals surface area contributed by atoms with Crippen LogP contribution in [0.25, 0.3) is 0 Å². The highest BCUT2D eigenvalue weighted by Crippen LogP contribution is 2.20. The Morgan fingerprint density at radius 1 is 0.862 bits per heavy atom. The summed E-state index contributed by atoms with van der Waals surface area (Å²) in [6.45, 7) is -0.289. The molecule has 2 N–H and O–H groups in total. The molecule has 0 saturated carbocycles. The lowest BCUT2D eigenvalue weighted by atomic mass is 10.2. The predicted molar refractivity (Wildman–Crippen MR) is 119 cm³/mol. The molecular formula is C21H20BrN3O3S. The van der Waals surface area contributed by atoms with Crippen molar-refractivity contribution in [3.63, 3.8) is 0 Å². The highest BCUT2D eigenvalue weighted by atomic mass is 79.9. The number of sulfonamides is 1. The van der Waals surface area contributed by atoms with Crippen molar-refractivity contribution in [3.05, 3.63) is 83.3 Å². The van der Waals surface area contributed by atoms with Crippen LogP contribution in [0.2, 0.25) is 0 Å². The van der Waals surface area contributed by atoms with E-state index in [4.69, 9.17) is 0 Å². The second-order valence-corrected chi connectivity index (χ2v) is 9.29. The summed E-state index contributed by atoms with van der Waals surface area (Å²) in [4.78, 5) is 12.4. The number of rotatable bonds is 7. The zero-order valence-corrected chi connectivity index (χ0v) is 18.1. The fourth-order valence-electron chi connectivity index (χ4n) is 2.60. The summed E-state index contributed by atoms with van der Waals surface area (Å²) in [7, 11) is -2.36. The van der Waals surface area contributed by atoms with E-state index in [9.17, 15) is 13.2 Å². The Labute approximate surface area is 178 Å². The van der Waals surface area contributed by atoms with Gasteiger partial charge in [0.1, 0.15) is 0 Å². The van der Waals surface area contributed by atoms with Crippen LogP contribution in [0.4, 0.5) is 17.1 Å². The molecule has 3 rings (SSSR count). The number of benzene rings is 3. The third-order valence-electron chi connectivity index (χ3n) is 4.12. The van der Waals surface area contributed by atoms with Crippen LogP contribution in [-0.4, -0.2) is 32.2 Å². The topological polar surface area (TPSA) is 78.5 Å². The van der Waals surface area contributed by atoms with E-state index in [2.05, 4.69) is 26.6 Å². The Morgan fingerprint density at radius 3 is 2.03 bits per heavy atom. The van der Waals surface area contributed by atoms with Crippen LogP contribution >= 0.6 is 15.9 Å². The van der Waals surface area contributed by atoms with E-state index < -0.39 is 15.9 Å². The second-order valence-electron chi connectivity index (χ2n) is 6.33. The van der Waals surface area contributed by atoms with E-state index >= 15 is 0 Å². The van der Waals surface area contributed by atoms with Gasteiger partial charge in [-0.2, -0.15) is 4.31 Å². The van der Waals surface area contributed by atoms with Crippen molar-refractivity contribution in [1.29, 1.82) is 0 Å². The molecule has 3 aromatic carbocycles. The summed E-state index contributed by atoms with van der Waals surface area (Å²) in [6.07, 6.45) is 0. The lowest BCUT2D eigenvalue weighted by molar-refractivity contribution is -0.116. The van der Waals surface area contributed by atoms with Crippen molar-refractivity contribution in [2.24, 2.45) is 0 Å². The van der Waals surface area contributed by atoms with Crippen LogP contribution < -0.4 is 10.6 Å². The molecule has 0 aliphatic heterocycles. The number of amides is 1. The van der Waals surface area contributed by atoms with Gasteiger partial charge in [0.2, 0.25) is 15.9 Å². The van der Waals surface area contributed by atoms with E-state index in [-0.39, 0.29) is 11.4 Å². The molecular weight excluding hydrogens is 454 g/mol. The monoisotopic (exact) mass is 473 g/mol. The number of nitrogens with zero attached hydrogens (tertiary/aromatic N) is 1. The van der Waals surface area contributed by atoms with Crippen LogP contribution in [0.3, 0.4) is 0 Å². The number of hydrogen-bond acceptors (Lipinski definition) is 4. The van der Waals surface area contributed by atoms with E-state index in [1.807, 2.05) is 42.5 Å². The van der Waals surface area contributed by atoms with Gasteiger partial charge in [-0.25, -0.2) is 8.42 Å². The van der Waals surface area contributed by atoms with Gasteiger partial charge >= 0.3 is 0 Å². The average molecular weight is 474 g/mol. The van der Waals surface area contributed by atoms with Gasteiger partial charge in [0.05, 0.1) is 11.4 Å². The van der Waals surface area contributed by atoms with Crippen LogP contribution in [-0.2, 0) is 14.8 Å². The molecule has 0 bridgehead atoms. The van der Waals surface area contributed by atoms with Crippen molar-refractivity contribution in [2.75, 3.05) is 24.2 Å². The molecule has 0 atom stereocenters. The second kappa shape index (κ2) is 9.21. The molecule has 29 heavy (non-hydrogen) atoms. The first-order valence-electron chi connectivity index (χ1n) is 8.78. The van der Waals surface area contributed by atoms with Crippen LogP contribution in [0.5, 0.6) is 0 Å². The third-order valence-corrected chi connectivity index (χ3v) is 6.47. The summed E-state index contributed by atoms with van der Waals surface area (Å²) in [5, 5.41) is 5.97. The number of carbonyl (C=O) groups excluding carboxylic acids is 1. The van der Waals surface area contributed by atoms with Crippen LogP contribution in [0.15, 0.2) is 88.2 Å². The smallest absolute Gasteiger partial charge is 0.243 e. The van der Waals surface area contributed by atoms with Gasteiger partial charge in [0, 0.05) is 28.6 Å². The van der Waals surface area contributed by atoms with E-state index in [0.717, 1.165) is 20.2 Å². The lowest BCUT2D eigenvalue weighted by Gasteiger charge is -2.17. The number of hydrogen-bond donors (Lipinski definition) is 2. The predicted octanol–water partition coefficient (Wildman–Crippen LogP) is 4.45. The molecule has 0 fully saturated rings. The molecule has 0 aliphatic rings. The first-order valence-corrected chi connectivity index (χ1v) is 11.0. The zero-order valence-electron chi connectivity index (χ0n) is 15.7. The Hall–Kier alpha value is -2.68. The summed E-state index contributed by atoms with van der Waals surface area (Å²) in [6, 6.07) is 23.2. The van der Waals surface area contributed by atoms with Gasteiger partial charge in [-0.3, -0.25) is 4.79 Å². The maximum atomic E-state index is 12.6. The van der Waals surface area contributed by atoms with E-state index in [1.165, 1.54) is 19.2 Å². The normalized spacial score (nSPS) is 11.3. The highest BCUT2D eigenvalue weighted by molar-refractivity contribution is 9.10. The van der Waals surface area contributed by atoms with Crippen molar-refractivity contribution < 1.29 is 13.2 Å². The minimum absolute atomic E-state index is 0.132. The van der Waals surface area contributed by atoms with Gasteiger partial charge in [-0.15, -0.1) is 0 Å². The molecule has 0 heterocycles. The standard InChI is InChI=1S/C21H20BrN3O3S/c1-25(29(27,28)20-13-7-16(22)8-14-20)15-21(26)24-19-11-9-18(10-12-19)23-17-5-3-2-4-6-17/h2-14,23H,15H2,1H3,(H,24,26). The quantitative estimate of drug-likeness (QED) is 0.531. The fourth-order valence-corrected chi connectivity index (χ4v) is 3.99. The molecule has 0 unspecified atom stereocenters. The Kier molecular flexibility index (Phi) is 6.68. The summed E-state index contributed by atoms with van der Waals surface area (Å²) in [5.74, 6) is -0.419. The Bertz CT molecular complexity index is 1070. The average Bonchev–Trinajstić information content (AvgIpc) is 2.70. The first-order chi connectivity index (χ1) is 13.8. The molecule has 8 heteroatoms. The molecule has 0 radical (unpaired) electrons. The number of likely N-dealkylation sites (N-methyl/N-ethyl adjacent to an activating group) is 1. The largest absolute Gasteiger partial charge is 0.356 e. The van der Waals surface area contributed by atoms with Gasteiger partial charge < -0.3 is 10.6 Å². The van der Waals surface area contributed by atoms with Crippen molar-refractivity contribution in [2.45, 2.75) is 4.90 Å².